The van der Waals surface area contributed by atoms with Crippen molar-refractivity contribution in [3.05, 3.63) is 65.8 Å². The summed E-state index contributed by atoms with van der Waals surface area (Å²) in [5.74, 6) is -40.0. The number of rotatable bonds is 11. The average Bonchev–Trinajstić information content (AvgIpc) is 3.00. The Kier molecular flexibility index (Phi) is 15.5. The van der Waals surface area contributed by atoms with Gasteiger partial charge in [0.15, 0.2) is 5.78 Å². The zero-order chi connectivity index (χ0) is 39.9. The van der Waals surface area contributed by atoms with Gasteiger partial charge in [-0.25, -0.2) is 0 Å². The van der Waals surface area contributed by atoms with Crippen molar-refractivity contribution in [2.75, 3.05) is 11.9 Å². The van der Waals surface area contributed by atoms with Crippen molar-refractivity contribution in [1.29, 1.82) is 0 Å². The molecular formula is C24H16BBrF18N3O2S. The summed E-state index contributed by atoms with van der Waals surface area (Å²) in [6, 6.07) is 1.56. The van der Waals surface area contributed by atoms with E-state index in [-0.39, 0.29) is 47.9 Å². The number of halogens is 19. The summed E-state index contributed by atoms with van der Waals surface area (Å²) in [6.07, 6.45) is -13.8. The fourth-order valence-electron chi connectivity index (χ4n) is 2.92. The van der Waals surface area contributed by atoms with Crippen molar-refractivity contribution in [3.8, 4) is 0 Å². The number of ether oxygens (including phenoxy) is 1. The molecule has 0 bridgehead atoms. The van der Waals surface area contributed by atoms with Gasteiger partial charge < -0.3 is 4.74 Å². The third-order valence-electron chi connectivity index (χ3n) is 5.55. The van der Waals surface area contributed by atoms with E-state index in [1.54, 1.807) is 6.92 Å². The first-order valence-corrected chi connectivity index (χ1v) is 13.6. The Labute approximate surface area is 283 Å². The number of ketones is 1. The van der Waals surface area contributed by atoms with Gasteiger partial charge >= 0.3 is 72.6 Å². The maximum absolute atomic E-state index is 13.6. The molecule has 0 fully saturated rings. The fourth-order valence-corrected chi connectivity index (χ4v) is 3.21. The van der Waals surface area contributed by atoms with Gasteiger partial charge in [-0.2, -0.15) is 79.0 Å². The van der Waals surface area contributed by atoms with Crippen LogP contribution in [0.15, 0.2) is 47.5 Å². The van der Waals surface area contributed by atoms with Crippen LogP contribution in [0.4, 0.5) is 79.0 Å². The van der Waals surface area contributed by atoms with Crippen LogP contribution in [-0.4, -0.2) is 71.4 Å². The third kappa shape index (κ3) is 9.43. The minimum absolute atomic E-state index is 0.0555. The molecule has 5 nitrogen and oxygen atoms in total. The molecule has 26 heteroatoms. The quantitative estimate of drug-likeness (QED) is 0.0612. The first kappa shape index (κ1) is 46.9. The molecule has 0 saturated heterocycles. The van der Waals surface area contributed by atoms with Crippen LogP contribution >= 0.6 is 28.7 Å². The van der Waals surface area contributed by atoms with Gasteiger partial charge in [-0.3, -0.25) is 14.8 Å². The molecule has 2 heterocycles. The molecule has 0 aliphatic carbocycles. The number of alkyl halides is 19. The molecule has 0 aliphatic heterocycles. The van der Waals surface area contributed by atoms with Crippen LogP contribution in [0.1, 0.15) is 34.2 Å². The van der Waals surface area contributed by atoms with E-state index in [0.717, 1.165) is 0 Å². The summed E-state index contributed by atoms with van der Waals surface area (Å²) in [4.78, 5) is 17.5. The number of pyridine rings is 2. The Morgan fingerprint density at radius 2 is 1.04 bits per heavy atom. The molecule has 1 radical (unpaired) electrons. The average molecular weight is 843 g/mol. The zero-order valence-electron chi connectivity index (χ0n) is 23.9. The van der Waals surface area contributed by atoms with Crippen molar-refractivity contribution < 1.29 is 88.6 Å². The number of aromatic nitrogens is 2. The number of thiol groups is 1. The van der Waals surface area contributed by atoms with Crippen molar-refractivity contribution in [2.45, 2.75) is 54.8 Å². The summed E-state index contributed by atoms with van der Waals surface area (Å²) >= 11 is 5.90. The number of carbonyl (C=O) groups is 1. The van der Waals surface area contributed by atoms with Gasteiger partial charge in [0.2, 0.25) is 0 Å². The van der Waals surface area contributed by atoms with Gasteiger partial charge in [0.1, 0.15) is 17.1 Å². The van der Waals surface area contributed by atoms with Crippen molar-refractivity contribution in [3.63, 3.8) is 0 Å². The summed E-state index contributed by atoms with van der Waals surface area (Å²) in [6.45, 7) is 5.01. The molecule has 0 atom stereocenters. The SMILES string of the molecule is C=C(OCC)c1ccc(C(F)(F)C(F)(F)C(F)(F)C(F)(F)F)cn1.O=C(CBr)c1ccc(C(F)(F)C(F)(F)C(F)(F)C(F)(F)F)cn1.[B]=NS. The number of hydrogen-bond donors (Lipinski definition) is 1. The van der Waals surface area contributed by atoms with Crippen LogP contribution in [0.2, 0.25) is 0 Å². The van der Waals surface area contributed by atoms with Crippen LogP contribution in [0.3, 0.4) is 0 Å². The predicted octanol–water partition coefficient (Wildman–Crippen LogP) is 9.78. The monoisotopic (exact) mass is 842 g/mol. The summed E-state index contributed by atoms with van der Waals surface area (Å²) in [5.41, 5.74) is -4.35. The molecule has 0 N–H and O–H groups in total. The molecule has 0 aromatic carbocycles. The molecule has 0 amide bonds. The minimum atomic E-state index is -6.98. The molecule has 2 aromatic rings. The molecule has 50 heavy (non-hydrogen) atoms. The number of nitrogens with zero attached hydrogens (tertiary/aromatic N) is 3. The molecular weight excluding hydrogens is 827 g/mol. The van der Waals surface area contributed by atoms with Crippen LogP contribution in [-0.2, 0) is 16.6 Å². The molecule has 2 rings (SSSR count). The van der Waals surface area contributed by atoms with Gasteiger partial charge in [-0.05, 0) is 31.2 Å². The van der Waals surface area contributed by atoms with Crippen molar-refractivity contribution >= 4 is 47.9 Å². The molecule has 0 saturated carbocycles. The van der Waals surface area contributed by atoms with Gasteiger partial charge in [-0.1, -0.05) is 22.5 Å². The summed E-state index contributed by atoms with van der Waals surface area (Å²) < 4.78 is 238. The van der Waals surface area contributed by atoms with E-state index in [1.807, 2.05) is 0 Å². The van der Waals surface area contributed by atoms with E-state index in [0.29, 0.717) is 12.1 Å². The van der Waals surface area contributed by atoms with E-state index in [4.69, 9.17) is 4.74 Å². The fraction of sp³-hybridized carbons (Fsp3) is 0.458. The van der Waals surface area contributed by atoms with Crippen molar-refractivity contribution in [2.24, 2.45) is 4.30 Å². The van der Waals surface area contributed by atoms with E-state index in [2.05, 4.69) is 57.2 Å². The normalized spacial score (nSPS) is 13.3. The van der Waals surface area contributed by atoms with Gasteiger partial charge in [-0.15, -0.1) is 0 Å². The number of hydrogen-bond acceptors (Lipinski definition) is 6. The van der Waals surface area contributed by atoms with E-state index < -0.39 is 70.5 Å². The molecule has 281 valence electrons. The zero-order valence-corrected chi connectivity index (χ0v) is 26.4. The van der Waals surface area contributed by atoms with E-state index in [9.17, 15) is 83.8 Å². The number of Topliss-reactive ketones (excluding diaryl/α,β-unsaturated/α-hetero) is 1. The Morgan fingerprint density at radius 1 is 0.720 bits per heavy atom. The van der Waals surface area contributed by atoms with E-state index >= 15 is 0 Å². The van der Waals surface area contributed by atoms with Crippen LogP contribution < -0.4 is 0 Å². The summed E-state index contributed by atoms with van der Waals surface area (Å²) in [7, 11) is 4.34. The van der Waals surface area contributed by atoms with Crippen molar-refractivity contribution in [1.82, 2.24) is 9.97 Å². The third-order valence-corrected chi connectivity index (χ3v) is 6.06. The Balaban J connectivity index is 0.000000891. The first-order chi connectivity index (χ1) is 22.3. The standard InChI is InChI=1S/C13H10F9NO.C11H5BrF9NO.BHNS/c1-3-24-7(2)9-5-4-8(6-23-9)10(14,15)11(16,17)12(18,19)13(20,21)22;12-3-7(23)6-2-1-5(4-22-6)8(13,14)9(15,16)10(17,18)11(19,20)21;1-2-3/h4-6H,2-3H2,1H3;1-2,4H,3H2;3H. The number of carbonyl (C=O) groups excluding carboxylic acids is 1. The Bertz CT molecular complexity index is 1450. The topological polar surface area (TPSA) is 64.4 Å². The van der Waals surface area contributed by atoms with E-state index in [1.165, 1.54) is 0 Å². The molecule has 2 aromatic heterocycles. The van der Waals surface area contributed by atoms with Gasteiger partial charge in [0, 0.05) is 23.5 Å². The van der Waals surface area contributed by atoms with Gasteiger partial charge in [0.25, 0.3) is 0 Å². The molecule has 0 unspecified atom stereocenters. The maximum atomic E-state index is 13.6. The van der Waals surface area contributed by atoms with Crippen LogP contribution in [0.25, 0.3) is 5.76 Å². The molecule has 0 aliphatic rings. The Morgan fingerprint density at radius 3 is 1.28 bits per heavy atom. The second kappa shape index (κ2) is 16.5. The second-order valence-corrected chi connectivity index (χ2v) is 9.63. The van der Waals surface area contributed by atoms with Gasteiger partial charge in [0.05, 0.1) is 11.9 Å². The first-order valence-electron chi connectivity index (χ1n) is 12.1. The summed E-state index contributed by atoms with van der Waals surface area (Å²) in [5, 5.41) is -0.294. The second-order valence-electron chi connectivity index (χ2n) is 8.83. The van der Waals surface area contributed by atoms with Crippen LogP contribution in [0.5, 0.6) is 0 Å². The Hall–Kier alpha value is -3.06. The van der Waals surface area contributed by atoms with Crippen LogP contribution in [0, 0.1) is 0 Å². The predicted molar refractivity (Wildman–Crippen MR) is 144 cm³/mol. The molecule has 0 spiro atoms.